The quantitative estimate of drug-likeness (QED) is 0.834. The van der Waals surface area contributed by atoms with Gasteiger partial charge in [-0.05, 0) is 54.5 Å². The summed E-state index contributed by atoms with van der Waals surface area (Å²) in [5, 5.41) is 0. The van der Waals surface area contributed by atoms with E-state index in [4.69, 9.17) is 10.5 Å². The number of hydrogen-bond donors (Lipinski definition) is 1. The summed E-state index contributed by atoms with van der Waals surface area (Å²) in [7, 11) is 0. The SMILES string of the molecule is Nc1ccc(-c2ccc(CN3CC4(CCCCC4)OC3=O)cc2)cc1. The molecular weight excluding hydrogens is 312 g/mol. The van der Waals surface area contributed by atoms with Gasteiger partial charge in [-0.1, -0.05) is 42.8 Å². The summed E-state index contributed by atoms with van der Waals surface area (Å²) in [6.45, 7) is 1.34. The van der Waals surface area contributed by atoms with Gasteiger partial charge >= 0.3 is 6.09 Å². The highest BCUT2D eigenvalue weighted by atomic mass is 16.6. The first-order valence-electron chi connectivity index (χ1n) is 9.06. The Labute approximate surface area is 148 Å². The molecule has 1 aliphatic heterocycles. The molecule has 2 N–H and O–H groups in total. The highest BCUT2D eigenvalue weighted by Crippen LogP contribution is 2.37. The van der Waals surface area contributed by atoms with Crippen molar-refractivity contribution in [1.29, 1.82) is 0 Å². The molecule has 130 valence electrons. The summed E-state index contributed by atoms with van der Waals surface area (Å²) in [5.41, 5.74) is 9.71. The predicted molar refractivity (Wildman–Crippen MR) is 99.0 cm³/mol. The molecule has 2 aromatic carbocycles. The molecule has 4 rings (SSSR count). The lowest BCUT2D eigenvalue weighted by atomic mass is 9.85. The monoisotopic (exact) mass is 336 g/mol. The average molecular weight is 336 g/mol. The van der Waals surface area contributed by atoms with Crippen LogP contribution in [-0.4, -0.2) is 23.1 Å². The lowest BCUT2D eigenvalue weighted by Gasteiger charge is -2.30. The van der Waals surface area contributed by atoms with Crippen LogP contribution in [0.2, 0.25) is 0 Å². The van der Waals surface area contributed by atoms with E-state index in [0.29, 0.717) is 6.54 Å². The number of amides is 1. The number of nitrogens with two attached hydrogens (primary N) is 1. The van der Waals surface area contributed by atoms with Gasteiger partial charge < -0.3 is 10.5 Å². The van der Waals surface area contributed by atoms with E-state index in [1.54, 1.807) is 0 Å². The van der Waals surface area contributed by atoms with E-state index >= 15 is 0 Å². The molecule has 1 amide bonds. The first-order valence-corrected chi connectivity index (χ1v) is 9.06. The van der Waals surface area contributed by atoms with Crippen LogP contribution in [0.5, 0.6) is 0 Å². The molecule has 2 aromatic rings. The van der Waals surface area contributed by atoms with Gasteiger partial charge in [0.2, 0.25) is 0 Å². The standard InChI is InChI=1S/C21H24N2O2/c22-19-10-8-18(9-11-19)17-6-4-16(5-7-17)14-23-15-21(25-20(23)24)12-2-1-3-13-21/h4-11H,1-3,12-15,22H2. The first kappa shape index (κ1) is 16.0. The summed E-state index contributed by atoms with van der Waals surface area (Å²) >= 11 is 0. The summed E-state index contributed by atoms with van der Waals surface area (Å²) in [5.74, 6) is 0. The highest BCUT2D eigenvalue weighted by Gasteiger charge is 2.45. The van der Waals surface area contributed by atoms with Gasteiger partial charge in [0, 0.05) is 12.2 Å². The van der Waals surface area contributed by atoms with Gasteiger partial charge in [-0.15, -0.1) is 0 Å². The number of benzene rings is 2. The number of ether oxygens (including phenoxy) is 1. The fourth-order valence-electron chi connectivity index (χ4n) is 3.97. The van der Waals surface area contributed by atoms with Crippen LogP contribution in [0.15, 0.2) is 48.5 Å². The van der Waals surface area contributed by atoms with E-state index in [1.165, 1.54) is 6.42 Å². The van der Waals surface area contributed by atoms with Crippen LogP contribution in [0.4, 0.5) is 10.5 Å². The minimum Gasteiger partial charge on any atom is -0.441 e. The molecule has 1 spiro atoms. The zero-order valence-corrected chi connectivity index (χ0v) is 14.4. The summed E-state index contributed by atoms with van der Waals surface area (Å²) < 4.78 is 5.75. The maximum atomic E-state index is 12.3. The molecule has 4 heteroatoms. The van der Waals surface area contributed by atoms with Gasteiger partial charge in [0.15, 0.2) is 0 Å². The van der Waals surface area contributed by atoms with E-state index in [1.807, 2.05) is 29.2 Å². The maximum absolute atomic E-state index is 12.3. The van der Waals surface area contributed by atoms with Crippen molar-refractivity contribution in [2.75, 3.05) is 12.3 Å². The zero-order valence-electron chi connectivity index (χ0n) is 14.4. The maximum Gasteiger partial charge on any atom is 0.410 e. The zero-order chi connectivity index (χ0) is 17.3. The van der Waals surface area contributed by atoms with Crippen molar-refractivity contribution in [3.63, 3.8) is 0 Å². The molecule has 0 atom stereocenters. The van der Waals surface area contributed by atoms with Crippen LogP contribution in [0, 0.1) is 0 Å². The lowest BCUT2D eigenvalue weighted by molar-refractivity contribution is 0.0260. The number of carbonyl (C=O) groups is 1. The number of nitrogens with zero attached hydrogens (tertiary/aromatic N) is 1. The third-order valence-corrected chi connectivity index (χ3v) is 5.38. The summed E-state index contributed by atoms with van der Waals surface area (Å²) in [4.78, 5) is 14.1. The molecule has 0 bridgehead atoms. The third-order valence-electron chi connectivity index (χ3n) is 5.38. The number of carbonyl (C=O) groups excluding carboxylic acids is 1. The molecule has 0 radical (unpaired) electrons. The van der Waals surface area contributed by atoms with Crippen molar-refractivity contribution in [3.05, 3.63) is 54.1 Å². The topological polar surface area (TPSA) is 55.6 Å². The van der Waals surface area contributed by atoms with Crippen LogP contribution >= 0.6 is 0 Å². The van der Waals surface area contributed by atoms with E-state index in [-0.39, 0.29) is 11.7 Å². The normalized spacial score (nSPS) is 19.2. The van der Waals surface area contributed by atoms with Gasteiger partial charge in [0.1, 0.15) is 5.60 Å². The van der Waals surface area contributed by atoms with Gasteiger partial charge in [-0.25, -0.2) is 4.79 Å². The first-order chi connectivity index (χ1) is 12.1. The molecule has 1 saturated carbocycles. The van der Waals surface area contributed by atoms with Gasteiger partial charge in [-0.2, -0.15) is 0 Å². The second-order valence-corrected chi connectivity index (χ2v) is 7.29. The Morgan fingerprint density at radius 3 is 2.16 bits per heavy atom. The Hall–Kier alpha value is -2.49. The minimum absolute atomic E-state index is 0.162. The van der Waals surface area contributed by atoms with Crippen molar-refractivity contribution >= 4 is 11.8 Å². The Morgan fingerprint density at radius 2 is 1.52 bits per heavy atom. The van der Waals surface area contributed by atoms with Gasteiger partial charge in [-0.3, -0.25) is 4.90 Å². The average Bonchev–Trinajstić information content (AvgIpc) is 2.92. The fourth-order valence-corrected chi connectivity index (χ4v) is 3.97. The van der Waals surface area contributed by atoms with Crippen LogP contribution < -0.4 is 5.73 Å². The number of hydrogen-bond acceptors (Lipinski definition) is 3. The Morgan fingerprint density at radius 1 is 0.920 bits per heavy atom. The minimum atomic E-state index is -0.223. The predicted octanol–water partition coefficient (Wildman–Crippen LogP) is 4.59. The molecule has 25 heavy (non-hydrogen) atoms. The molecular formula is C21H24N2O2. The Bertz CT molecular complexity index is 746. The fraction of sp³-hybridized carbons (Fsp3) is 0.381. The second kappa shape index (κ2) is 6.43. The van der Waals surface area contributed by atoms with Crippen LogP contribution in [-0.2, 0) is 11.3 Å². The summed E-state index contributed by atoms with van der Waals surface area (Å²) in [6, 6.07) is 16.2. The Balaban J connectivity index is 1.44. The number of nitrogen functional groups attached to an aromatic ring is 1. The lowest BCUT2D eigenvalue weighted by Crippen LogP contribution is -2.36. The molecule has 2 fully saturated rings. The molecule has 0 aromatic heterocycles. The number of rotatable bonds is 3. The largest absolute Gasteiger partial charge is 0.441 e. The second-order valence-electron chi connectivity index (χ2n) is 7.29. The molecule has 2 aliphatic rings. The van der Waals surface area contributed by atoms with Gasteiger partial charge in [0.25, 0.3) is 0 Å². The van der Waals surface area contributed by atoms with E-state index in [2.05, 4.69) is 24.3 Å². The molecule has 1 heterocycles. The van der Waals surface area contributed by atoms with Gasteiger partial charge in [0.05, 0.1) is 6.54 Å². The van der Waals surface area contributed by atoms with Crippen molar-refractivity contribution in [2.24, 2.45) is 0 Å². The number of anilines is 1. The van der Waals surface area contributed by atoms with Crippen LogP contribution in [0.25, 0.3) is 11.1 Å². The molecule has 0 unspecified atom stereocenters. The van der Waals surface area contributed by atoms with Crippen molar-refractivity contribution in [1.82, 2.24) is 4.90 Å². The Kier molecular flexibility index (Phi) is 4.12. The van der Waals surface area contributed by atoms with E-state index in [0.717, 1.165) is 54.6 Å². The van der Waals surface area contributed by atoms with E-state index < -0.39 is 0 Å². The van der Waals surface area contributed by atoms with Crippen LogP contribution in [0.1, 0.15) is 37.7 Å². The van der Waals surface area contributed by atoms with E-state index in [9.17, 15) is 4.79 Å². The molecule has 4 nitrogen and oxygen atoms in total. The van der Waals surface area contributed by atoms with Crippen molar-refractivity contribution in [3.8, 4) is 11.1 Å². The van der Waals surface area contributed by atoms with Crippen LogP contribution in [0.3, 0.4) is 0 Å². The molecule has 1 saturated heterocycles. The van der Waals surface area contributed by atoms with Crippen molar-refractivity contribution < 1.29 is 9.53 Å². The van der Waals surface area contributed by atoms with Crippen molar-refractivity contribution in [2.45, 2.75) is 44.2 Å². The summed E-state index contributed by atoms with van der Waals surface area (Å²) in [6.07, 6.45) is 5.43. The molecule has 1 aliphatic carbocycles. The highest BCUT2D eigenvalue weighted by molar-refractivity contribution is 5.71. The third kappa shape index (κ3) is 3.34. The smallest absolute Gasteiger partial charge is 0.410 e.